The number of fused-ring (bicyclic) bond motifs is 1. The van der Waals surface area contributed by atoms with Gasteiger partial charge in [0.2, 0.25) is 17.7 Å². The van der Waals surface area contributed by atoms with Gasteiger partial charge >= 0.3 is 13.7 Å². The highest BCUT2D eigenvalue weighted by Gasteiger charge is 2.63. The van der Waals surface area contributed by atoms with Crippen LogP contribution in [0.1, 0.15) is 64.5 Å². The van der Waals surface area contributed by atoms with E-state index in [0.717, 1.165) is 16.7 Å². The zero-order valence-corrected chi connectivity index (χ0v) is 37.6. The van der Waals surface area contributed by atoms with Gasteiger partial charge in [0.15, 0.2) is 23.1 Å². The molecule has 1 aliphatic rings. The van der Waals surface area contributed by atoms with Gasteiger partial charge in [-0.2, -0.15) is 15.1 Å². The third-order valence-corrected chi connectivity index (χ3v) is 12.7. The third kappa shape index (κ3) is 9.46. The number of halogens is 2. The number of esters is 1. The molecular weight excluding hydrogens is 846 g/mol. The molecule has 6 aromatic rings. The molecule has 1 saturated heterocycles. The predicted molar refractivity (Wildman–Crippen MR) is 238 cm³/mol. The summed E-state index contributed by atoms with van der Waals surface area (Å²) in [6.45, 7) is 8.71. The van der Waals surface area contributed by atoms with Crippen molar-refractivity contribution in [2.75, 3.05) is 32.2 Å². The van der Waals surface area contributed by atoms with Gasteiger partial charge in [-0.3, -0.25) is 13.9 Å². The molecule has 4 aromatic carbocycles. The zero-order chi connectivity index (χ0) is 45.7. The molecule has 0 bridgehead atoms. The van der Waals surface area contributed by atoms with E-state index in [4.69, 9.17) is 38.0 Å². The molecule has 0 spiro atoms. The number of alkyl halides is 2. The minimum absolute atomic E-state index is 0.0410. The first-order valence-corrected chi connectivity index (χ1v) is 22.6. The van der Waals surface area contributed by atoms with Crippen molar-refractivity contribution in [3.8, 4) is 17.4 Å². The van der Waals surface area contributed by atoms with Crippen LogP contribution in [0, 0.1) is 11.8 Å². The number of nitrogens with one attached hydrogen (secondary N) is 2. The van der Waals surface area contributed by atoms with E-state index in [1.807, 2.05) is 98.8 Å². The highest BCUT2D eigenvalue weighted by Crippen LogP contribution is 2.55. The molecule has 338 valence electrons. The van der Waals surface area contributed by atoms with Crippen LogP contribution >= 0.6 is 7.75 Å². The number of aromatic nitrogens is 4. The minimum Gasteiger partial charge on any atom is -0.497 e. The third-order valence-electron chi connectivity index (χ3n) is 11.1. The molecule has 0 aliphatic carbocycles. The van der Waals surface area contributed by atoms with Crippen molar-refractivity contribution in [1.29, 1.82) is 0 Å². The number of carbonyl (C=O) groups excluding carboxylic acids is 1. The summed E-state index contributed by atoms with van der Waals surface area (Å²) >= 11 is 0. The minimum atomic E-state index is -4.57. The van der Waals surface area contributed by atoms with Crippen molar-refractivity contribution >= 4 is 30.8 Å². The molecule has 2 unspecified atom stereocenters. The molecule has 2 aromatic heterocycles. The second-order valence-corrected chi connectivity index (χ2v) is 17.8. The van der Waals surface area contributed by atoms with Crippen molar-refractivity contribution in [2.45, 2.75) is 70.9 Å². The van der Waals surface area contributed by atoms with Crippen LogP contribution in [0.4, 0.5) is 14.7 Å². The molecule has 0 radical (unpaired) electrons. The van der Waals surface area contributed by atoms with Gasteiger partial charge in [0, 0.05) is 0 Å². The topological polar surface area (TPSA) is 157 Å². The molecule has 0 saturated carbocycles. The number of nitrogens with zero attached hydrogens (tertiary/aromatic N) is 4. The van der Waals surface area contributed by atoms with Gasteiger partial charge in [0.1, 0.15) is 29.7 Å². The van der Waals surface area contributed by atoms with E-state index in [-0.39, 0.29) is 47.9 Å². The highest BCUT2D eigenvalue weighted by atomic mass is 31.2. The number of hydrogen-bond acceptors (Lipinski definition) is 12. The number of para-hydroxylation sites is 1. The molecule has 0 amide bonds. The second kappa shape index (κ2) is 19.0. The number of methoxy groups -OCH3 is 1. The number of ether oxygens (including phenoxy) is 4. The quantitative estimate of drug-likeness (QED) is 0.0451. The van der Waals surface area contributed by atoms with Crippen LogP contribution in [-0.4, -0.2) is 70.0 Å². The number of imidazole rings is 1. The smallest absolute Gasteiger partial charge is 0.459 e. The summed E-state index contributed by atoms with van der Waals surface area (Å²) in [5, 5.41) is 6.17. The first-order chi connectivity index (χ1) is 30.6. The molecule has 64 heavy (non-hydrogen) atoms. The summed E-state index contributed by atoms with van der Waals surface area (Å²) in [6, 6.07) is 34.0. The molecule has 7 rings (SSSR count). The summed E-state index contributed by atoms with van der Waals surface area (Å²) in [5.41, 5.74) is -0.798. The van der Waals surface area contributed by atoms with E-state index in [0.29, 0.717) is 5.75 Å². The lowest BCUT2D eigenvalue weighted by Gasteiger charge is -2.37. The number of rotatable bonds is 19. The van der Waals surface area contributed by atoms with Crippen LogP contribution in [0.2, 0.25) is 0 Å². The average molecular weight is 899 g/mol. The lowest BCUT2D eigenvalue weighted by molar-refractivity contribution is -0.188. The molecule has 1 aliphatic heterocycles. The van der Waals surface area contributed by atoms with Crippen LogP contribution in [0.5, 0.6) is 17.4 Å². The lowest BCUT2D eigenvalue weighted by atomic mass is 9.77. The Bertz CT molecular complexity index is 2510. The van der Waals surface area contributed by atoms with Gasteiger partial charge in [0.05, 0.1) is 32.6 Å². The summed E-state index contributed by atoms with van der Waals surface area (Å²) in [4.78, 5) is 27.0. The van der Waals surface area contributed by atoms with E-state index in [1.165, 1.54) is 43.8 Å². The number of hydrogen-bond donors (Lipinski definition) is 2. The van der Waals surface area contributed by atoms with Gasteiger partial charge < -0.3 is 28.8 Å². The normalized spacial score (nSPS) is 21.3. The molecule has 2 N–H and O–H groups in total. The Morgan fingerprint density at radius 2 is 1.48 bits per heavy atom. The van der Waals surface area contributed by atoms with Crippen LogP contribution in [-0.2, 0) is 28.9 Å². The number of anilines is 1. The van der Waals surface area contributed by atoms with Gasteiger partial charge in [-0.05, 0) is 67.6 Å². The number of carbonyl (C=O) groups is 1. The molecule has 17 heteroatoms. The Morgan fingerprint density at radius 1 is 0.891 bits per heavy atom. The van der Waals surface area contributed by atoms with Crippen molar-refractivity contribution in [2.24, 2.45) is 11.8 Å². The van der Waals surface area contributed by atoms with Gasteiger partial charge in [-0.15, -0.1) is 0 Å². The fourth-order valence-corrected chi connectivity index (χ4v) is 9.03. The van der Waals surface area contributed by atoms with E-state index in [9.17, 15) is 9.36 Å². The standard InChI is InChI=1S/C47H53F2N6O8P/c1-8-59-41-39-40(51-44(52-41)53-47(34-18-12-9-13-19-34,35-20-14-10-15-21-35)36-24-26-37(58-7)27-25-36)55(30-50-39)43-45(6,48)33(5)46(49,62-43)29-61-64(57,63-38-22-16-11-17-23-38)54-32(4)42(56)60-28-31(2)3/h9-27,30-33,43H,8,28-29H2,1-7H3,(H,54,57)(H,51,52,53)/t32-,33-,43?,45+,46+,64?/m0/s1. The van der Waals surface area contributed by atoms with E-state index < -0.39 is 55.6 Å². The van der Waals surface area contributed by atoms with Crippen molar-refractivity contribution in [3.63, 3.8) is 0 Å². The van der Waals surface area contributed by atoms with Crippen molar-refractivity contribution in [3.05, 3.63) is 138 Å². The Morgan fingerprint density at radius 3 is 2.06 bits per heavy atom. The highest BCUT2D eigenvalue weighted by molar-refractivity contribution is 7.52. The first-order valence-electron chi connectivity index (χ1n) is 21.0. The SMILES string of the molecule is CCOc1nc(NC(c2ccccc2)(c2ccccc2)c2ccc(OC)cc2)nc2c1ncn2C1O[C@](F)(COP(=O)(N[C@@H](C)C(=O)OCC(C)C)Oc2ccccc2)[C@@H](C)[C@@]1(C)F. The zero-order valence-electron chi connectivity index (χ0n) is 36.7. The van der Waals surface area contributed by atoms with Crippen LogP contribution in [0.25, 0.3) is 11.2 Å². The summed E-state index contributed by atoms with van der Waals surface area (Å²) in [5.74, 6) is -4.17. The maximum atomic E-state index is 17.3. The molecule has 1 fully saturated rings. The largest absolute Gasteiger partial charge is 0.497 e. The summed E-state index contributed by atoms with van der Waals surface area (Å²) in [7, 11) is -2.97. The van der Waals surface area contributed by atoms with E-state index >= 15 is 8.78 Å². The number of benzene rings is 4. The maximum absolute atomic E-state index is 17.3. The van der Waals surface area contributed by atoms with Gasteiger partial charge in [0.25, 0.3) is 0 Å². The first kappa shape index (κ1) is 46.1. The lowest BCUT2D eigenvalue weighted by Crippen LogP contribution is -2.41. The molecule has 6 atom stereocenters. The van der Waals surface area contributed by atoms with Crippen molar-refractivity contribution in [1.82, 2.24) is 24.6 Å². The Labute approximate surface area is 371 Å². The van der Waals surface area contributed by atoms with E-state index in [2.05, 4.69) is 15.4 Å². The average Bonchev–Trinajstić information content (AvgIpc) is 3.80. The van der Waals surface area contributed by atoms with Crippen LogP contribution in [0.15, 0.2) is 122 Å². The molecular formula is C47H53F2N6O8P. The van der Waals surface area contributed by atoms with Crippen LogP contribution < -0.4 is 24.4 Å². The fourth-order valence-electron chi connectivity index (χ4n) is 7.53. The fraction of sp³-hybridized carbons (Fsp3) is 0.362. The van der Waals surface area contributed by atoms with Crippen LogP contribution in [0.3, 0.4) is 0 Å². The van der Waals surface area contributed by atoms with Crippen molar-refractivity contribution < 1.29 is 46.1 Å². The summed E-state index contributed by atoms with van der Waals surface area (Å²) < 4.78 is 84.5. The molecule has 3 heterocycles. The predicted octanol–water partition coefficient (Wildman–Crippen LogP) is 9.58. The maximum Gasteiger partial charge on any atom is 0.459 e. The Kier molecular flexibility index (Phi) is 13.7. The Balaban J connectivity index is 1.26. The molecule has 14 nitrogen and oxygen atoms in total. The van der Waals surface area contributed by atoms with Gasteiger partial charge in [-0.1, -0.05) is 112 Å². The monoisotopic (exact) mass is 898 g/mol. The Hall–Kier alpha value is -5.93. The summed E-state index contributed by atoms with van der Waals surface area (Å²) in [6.07, 6.45) is -0.395. The van der Waals surface area contributed by atoms with E-state index in [1.54, 1.807) is 32.2 Å². The van der Waals surface area contributed by atoms with Gasteiger partial charge in [-0.25, -0.2) is 18.3 Å². The second-order valence-electron chi connectivity index (χ2n) is 16.1.